The smallest absolute Gasteiger partial charge is 0.383 e. The van der Waals surface area contributed by atoms with E-state index in [0.29, 0.717) is 35.7 Å². The van der Waals surface area contributed by atoms with Gasteiger partial charge in [-0.05, 0) is 34.9 Å². The van der Waals surface area contributed by atoms with Crippen LogP contribution in [0.2, 0.25) is 0 Å². The predicted molar refractivity (Wildman–Crippen MR) is 108 cm³/mol. The normalized spacial score (nSPS) is 17.8. The molecule has 10 heteroatoms. The van der Waals surface area contributed by atoms with E-state index in [9.17, 15) is 18.0 Å². The van der Waals surface area contributed by atoms with E-state index in [1.165, 1.54) is 24.2 Å². The Hall–Kier alpha value is -3.24. The molecule has 0 aliphatic carbocycles. The Bertz CT molecular complexity index is 1250. The molecule has 4 heterocycles. The molecule has 7 nitrogen and oxygen atoms in total. The van der Waals surface area contributed by atoms with Gasteiger partial charge < -0.3 is 20.1 Å². The van der Waals surface area contributed by atoms with E-state index in [0.717, 1.165) is 28.6 Å². The number of carbonyl (C=O) groups is 1. The SMILES string of the molecule is CN(C(=O)c1cc2c3c(c(N)nc2cn1)COC3)[C@@H]1COCc2ccc(C(F)(F)F)cc21. The molecule has 2 aliphatic rings. The molecular formula is C22H19F3N4O3. The summed E-state index contributed by atoms with van der Waals surface area (Å²) in [5, 5.41) is 0.720. The fourth-order valence-electron chi connectivity index (χ4n) is 4.22. The number of likely N-dealkylation sites (N-methyl/N-ethyl adjacent to an activating group) is 1. The summed E-state index contributed by atoms with van der Waals surface area (Å²) in [4.78, 5) is 23.2. The van der Waals surface area contributed by atoms with Gasteiger partial charge in [0.2, 0.25) is 0 Å². The number of rotatable bonds is 2. The Labute approximate surface area is 181 Å². The van der Waals surface area contributed by atoms with Crippen molar-refractivity contribution >= 4 is 22.6 Å². The highest BCUT2D eigenvalue weighted by molar-refractivity contribution is 5.97. The number of benzene rings is 1. The number of ether oxygens (including phenoxy) is 2. The topological polar surface area (TPSA) is 90.6 Å². The van der Waals surface area contributed by atoms with E-state index in [1.807, 2.05) is 0 Å². The Morgan fingerprint density at radius 1 is 1.16 bits per heavy atom. The maximum absolute atomic E-state index is 13.3. The lowest BCUT2D eigenvalue weighted by atomic mass is 9.95. The third kappa shape index (κ3) is 3.35. The van der Waals surface area contributed by atoms with Crippen molar-refractivity contribution in [3.63, 3.8) is 0 Å². The summed E-state index contributed by atoms with van der Waals surface area (Å²) >= 11 is 0. The van der Waals surface area contributed by atoms with Crippen molar-refractivity contribution in [2.45, 2.75) is 32.0 Å². The second-order valence-electron chi connectivity index (χ2n) is 7.89. The molecule has 1 atom stereocenters. The van der Waals surface area contributed by atoms with Gasteiger partial charge in [-0.1, -0.05) is 6.07 Å². The quantitative estimate of drug-likeness (QED) is 0.650. The van der Waals surface area contributed by atoms with Crippen LogP contribution in [-0.2, 0) is 35.5 Å². The van der Waals surface area contributed by atoms with Crippen LogP contribution in [0.5, 0.6) is 0 Å². The molecule has 0 radical (unpaired) electrons. The molecule has 1 amide bonds. The predicted octanol–water partition coefficient (Wildman–Crippen LogP) is 3.60. The third-order valence-electron chi connectivity index (χ3n) is 5.99. The first-order valence-corrected chi connectivity index (χ1v) is 9.93. The van der Waals surface area contributed by atoms with Gasteiger partial charge in [-0.2, -0.15) is 13.2 Å². The first-order chi connectivity index (χ1) is 15.2. The summed E-state index contributed by atoms with van der Waals surface area (Å²) in [6.45, 7) is 0.994. The molecule has 0 fully saturated rings. The van der Waals surface area contributed by atoms with E-state index in [1.54, 1.807) is 6.07 Å². The number of hydrogen-bond acceptors (Lipinski definition) is 6. The summed E-state index contributed by atoms with van der Waals surface area (Å²) < 4.78 is 50.8. The van der Waals surface area contributed by atoms with Crippen LogP contribution in [-0.4, -0.2) is 34.4 Å². The van der Waals surface area contributed by atoms with E-state index < -0.39 is 23.7 Å². The number of amides is 1. The monoisotopic (exact) mass is 444 g/mol. The second kappa shape index (κ2) is 7.42. The highest BCUT2D eigenvalue weighted by Gasteiger charge is 2.35. The van der Waals surface area contributed by atoms with E-state index in [4.69, 9.17) is 15.2 Å². The van der Waals surface area contributed by atoms with Crippen LogP contribution >= 0.6 is 0 Å². The number of halogens is 3. The van der Waals surface area contributed by atoms with E-state index in [-0.39, 0.29) is 18.9 Å². The number of nitrogens with zero attached hydrogens (tertiary/aromatic N) is 3. The lowest BCUT2D eigenvalue weighted by Crippen LogP contribution is -2.37. The molecule has 0 saturated heterocycles. The molecule has 0 bridgehead atoms. The molecule has 0 unspecified atom stereocenters. The molecule has 166 valence electrons. The lowest BCUT2D eigenvalue weighted by molar-refractivity contribution is -0.137. The van der Waals surface area contributed by atoms with Gasteiger partial charge in [0, 0.05) is 18.0 Å². The van der Waals surface area contributed by atoms with Crippen LogP contribution in [0.1, 0.15) is 44.3 Å². The van der Waals surface area contributed by atoms with Gasteiger partial charge in [0.1, 0.15) is 11.5 Å². The summed E-state index contributed by atoms with van der Waals surface area (Å²) in [6, 6.07) is 4.47. The number of hydrogen-bond donors (Lipinski definition) is 1. The van der Waals surface area contributed by atoms with Crippen LogP contribution in [0.3, 0.4) is 0 Å². The van der Waals surface area contributed by atoms with Gasteiger partial charge in [0.05, 0.1) is 49.7 Å². The first-order valence-electron chi connectivity index (χ1n) is 9.93. The number of pyridine rings is 2. The fraction of sp³-hybridized carbons (Fsp3) is 0.318. The third-order valence-corrected chi connectivity index (χ3v) is 5.99. The molecule has 2 aliphatic heterocycles. The summed E-state index contributed by atoms with van der Waals surface area (Å²) in [5.74, 6) is -0.0605. The number of carbonyl (C=O) groups excluding carboxylic acids is 1. The van der Waals surface area contributed by atoms with Crippen molar-refractivity contribution in [3.05, 3.63) is 64.0 Å². The van der Waals surface area contributed by atoms with Gasteiger partial charge in [-0.3, -0.25) is 4.79 Å². The average molecular weight is 444 g/mol. The standard InChI is InChI=1S/C22H19F3N4O3/c1-29(19-10-31-7-11-2-3-12(4-13(11)19)22(23,24)25)21(30)17-5-14-15-8-32-9-16(15)20(26)28-18(14)6-27-17/h2-6,19H,7-10H2,1H3,(H2,26,28)/t19-/m1/s1. The van der Waals surface area contributed by atoms with Gasteiger partial charge in [0.15, 0.2) is 0 Å². The minimum absolute atomic E-state index is 0.0887. The maximum Gasteiger partial charge on any atom is 0.416 e. The maximum atomic E-state index is 13.3. The molecule has 1 aromatic carbocycles. The van der Waals surface area contributed by atoms with E-state index in [2.05, 4.69) is 9.97 Å². The zero-order valence-electron chi connectivity index (χ0n) is 17.1. The Balaban J connectivity index is 1.51. The largest absolute Gasteiger partial charge is 0.416 e. The van der Waals surface area contributed by atoms with Crippen LogP contribution in [0.25, 0.3) is 10.9 Å². The van der Waals surface area contributed by atoms with Crippen molar-refractivity contribution in [1.29, 1.82) is 0 Å². The van der Waals surface area contributed by atoms with Crippen molar-refractivity contribution < 1.29 is 27.4 Å². The van der Waals surface area contributed by atoms with Crippen molar-refractivity contribution in [3.8, 4) is 0 Å². The van der Waals surface area contributed by atoms with Gasteiger partial charge in [0.25, 0.3) is 5.91 Å². The van der Waals surface area contributed by atoms with Gasteiger partial charge in [-0.15, -0.1) is 0 Å². The Morgan fingerprint density at radius 3 is 2.72 bits per heavy atom. The highest BCUT2D eigenvalue weighted by atomic mass is 19.4. The highest BCUT2D eigenvalue weighted by Crippen LogP contribution is 2.36. The van der Waals surface area contributed by atoms with Crippen LogP contribution in [0, 0.1) is 0 Å². The lowest BCUT2D eigenvalue weighted by Gasteiger charge is -2.33. The minimum atomic E-state index is -4.47. The van der Waals surface area contributed by atoms with E-state index >= 15 is 0 Å². The van der Waals surface area contributed by atoms with Crippen molar-refractivity contribution in [1.82, 2.24) is 14.9 Å². The number of nitrogen functional groups attached to an aromatic ring is 1. The molecule has 32 heavy (non-hydrogen) atoms. The molecule has 2 N–H and O–H groups in total. The number of fused-ring (bicyclic) bond motifs is 4. The Kier molecular flexibility index (Phi) is 4.79. The van der Waals surface area contributed by atoms with Crippen molar-refractivity contribution in [2.75, 3.05) is 19.4 Å². The summed E-state index contributed by atoms with van der Waals surface area (Å²) in [5.41, 5.74) is 8.63. The molecule has 2 aromatic heterocycles. The number of alkyl halides is 3. The fourth-order valence-corrected chi connectivity index (χ4v) is 4.22. The summed E-state index contributed by atoms with van der Waals surface area (Å²) in [6.07, 6.45) is -3.00. The number of anilines is 1. The molecule has 3 aromatic rings. The van der Waals surface area contributed by atoms with Gasteiger partial charge in [-0.25, -0.2) is 9.97 Å². The Morgan fingerprint density at radius 2 is 1.94 bits per heavy atom. The summed E-state index contributed by atoms with van der Waals surface area (Å²) in [7, 11) is 1.53. The minimum Gasteiger partial charge on any atom is -0.383 e. The van der Waals surface area contributed by atoms with Crippen LogP contribution in [0.15, 0.2) is 30.5 Å². The zero-order valence-corrected chi connectivity index (χ0v) is 17.1. The molecule has 0 saturated carbocycles. The van der Waals surface area contributed by atoms with Crippen LogP contribution in [0.4, 0.5) is 19.0 Å². The van der Waals surface area contributed by atoms with Crippen LogP contribution < -0.4 is 5.73 Å². The zero-order chi connectivity index (χ0) is 22.6. The number of nitrogens with two attached hydrogens (primary N) is 1. The molecular weight excluding hydrogens is 425 g/mol. The molecule has 0 spiro atoms. The van der Waals surface area contributed by atoms with Crippen molar-refractivity contribution in [2.24, 2.45) is 0 Å². The average Bonchev–Trinajstić information content (AvgIpc) is 3.28. The van der Waals surface area contributed by atoms with Gasteiger partial charge >= 0.3 is 6.18 Å². The number of aromatic nitrogens is 2. The first kappa shape index (κ1) is 20.7. The molecule has 5 rings (SSSR count). The second-order valence-corrected chi connectivity index (χ2v) is 7.89.